The predicted octanol–water partition coefficient (Wildman–Crippen LogP) is 3.71. The molecule has 1 aliphatic heterocycles. The van der Waals surface area contributed by atoms with Crippen LogP contribution in [0.2, 0.25) is 0 Å². The molecule has 0 radical (unpaired) electrons. The maximum absolute atomic E-state index is 13.3. The number of nitrogens with one attached hydrogen (secondary N) is 2. The molecule has 0 spiro atoms. The van der Waals surface area contributed by atoms with Crippen LogP contribution in [0.5, 0.6) is 0 Å². The summed E-state index contributed by atoms with van der Waals surface area (Å²) in [5.41, 5.74) is 2.85. The van der Waals surface area contributed by atoms with Crippen molar-refractivity contribution in [3.05, 3.63) is 72.0 Å². The first kappa shape index (κ1) is 21.1. The SMILES string of the molecule is O=C(CN1C(=O)N[C@@H](Cc2c[nH]c3ccccc23)C1=O)N(Cc1ccco1)C1=CCCCC1. The van der Waals surface area contributed by atoms with E-state index in [2.05, 4.69) is 16.4 Å². The maximum Gasteiger partial charge on any atom is 0.325 e. The number of para-hydroxylation sites is 1. The number of carbonyl (C=O) groups excluding carboxylic acids is 3. The Morgan fingerprint density at radius 3 is 2.82 bits per heavy atom. The van der Waals surface area contributed by atoms with Crippen molar-refractivity contribution in [2.24, 2.45) is 0 Å². The molecule has 1 aliphatic carbocycles. The van der Waals surface area contributed by atoms with Crippen LogP contribution in [-0.2, 0) is 22.6 Å². The highest BCUT2D eigenvalue weighted by Gasteiger charge is 2.40. The summed E-state index contributed by atoms with van der Waals surface area (Å²) in [6.07, 6.45) is 9.65. The minimum absolute atomic E-state index is 0.278. The van der Waals surface area contributed by atoms with Crippen molar-refractivity contribution in [1.29, 1.82) is 0 Å². The van der Waals surface area contributed by atoms with Gasteiger partial charge in [0.2, 0.25) is 5.91 Å². The number of H-pyrrole nitrogens is 1. The monoisotopic (exact) mass is 446 g/mol. The van der Waals surface area contributed by atoms with Crippen LogP contribution < -0.4 is 5.32 Å². The number of allylic oxidation sites excluding steroid dienone is 2. The quantitative estimate of drug-likeness (QED) is 0.541. The summed E-state index contributed by atoms with van der Waals surface area (Å²) < 4.78 is 5.44. The molecule has 1 saturated heterocycles. The number of carbonyl (C=O) groups is 3. The Kier molecular flexibility index (Phi) is 5.73. The molecular weight excluding hydrogens is 420 g/mol. The van der Waals surface area contributed by atoms with E-state index >= 15 is 0 Å². The fourth-order valence-electron chi connectivity index (χ4n) is 4.58. The lowest BCUT2D eigenvalue weighted by atomic mass is 10.0. The Labute approximate surface area is 191 Å². The number of furan rings is 1. The Morgan fingerprint density at radius 1 is 1.15 bits per heavy atom. The zero-order chi connectivity index (χ0) is 22.8. The predicted molar refractivity (Wildman–Crippen MR) is 122 cm³/mol. The summed E-state index contributed by atoms with van der Waals surface area (Å²) in [4.78, 5) is 44.8. The molecule has 2 aromatic heterocycles. The number of rotatable bonds is 7. The lowest BCUT2D eigenvalue weighted by Gasteiger charge is -2.28. The molecule has 1 fully saturated rings. The van der Waals surface area contributed by atoms with E-state index in [9.17, 15) is 14.4 Å². The van der Waals surface area contributed by atoms with E-state index in [1.165, 1.54) is 0 Å². The van der Waals surface area contributed by atoms with Crippen LogP contribution in [0.3, 0.4) is 0 Å². The first-order chi connectivity index (χ1) is 16.1. The number of hydrogen-bond donors (Lipinski definition) is 2. The van der Waals surface area contributed by atoms with Gasteiger partial charge in [0.1, 0.15) is 18.3 Å². The molecule has 3 heterocycles. The van der Waals surface area contributed by atoms with Gasteiger partial charge >= 0.3 is 6.03 Å². The molecule has 0 bridgehead atoms. The van der Waals surface area contributed by atoms with Gasteiger partial charge in [0, 0.05) is 29.2 Å². The third-order valence-electron chi connectivity index (χ3n) is 6.31. The summed E-state index contributed by atoms with van der Waals surface area (Å²) in [5.74, 6) is -0.0192. The van der Waals surface area contributed by atoms with Gasteiger partial charge in [-0.25, -0.2) is 4.79 Å². The number of urea groups is 1. The average molecular weight is 447 g/mol. The Hall–Kier alpha value is -3.81. The molecule has 2 aliphatic rings. The van der Waals surface area contributed by atoms with Crippen LogP contribution in [0.4, 0.5) is 4.79 Å². The van der Waals surface area contributed by atoms with Crippen molar-refractivity contribution in [3.63, 3.8) is 0 Å². The summed E-state index contributed by atoms with van der Waals surface area (Å²) in [6, 6.07) is 10.2. The molecular formula is C25H26N4O4. The highest BCUT2D eigenvalue weighted by atomic mass is 16.3. The van der Waals surface area contributed by atoms with Crippen LogP contribution in [0.25, 0.3) is 10.9 Å². The number of benzene rings is 1. The van der Waals surface area contributed by atoms with E-state index in [1.807, 2.05) is 36.5 Å². The van der Waals surface area contributed by atoms with Crippen molar-refractivity contribution in [2.45, 2.75) is 44.7 Å². The van der Waals surface area contributed by atoms with Gasteiger partial charge in [-0.2, -0.15) is 0 Å². The minimum atomic E-state index is -0.697. The summed E-state index contributed by atoms with van der Waals surface area (Å²) >= 11 is 0. The van der Waals surface area contributed by atoms with Crippen LogP contribution in [0.1, 0.15) is 37.0 Å². The number of imide groups is 1. The molecule has 33 heavy (non-hydrogen) atoms. The van der Waals surface area contributed by atoms with Crippen molar-refractivity contribution >= 4 is 28.7 Å². The summed E-state index contributed by atoms with van der Waals surface area (Å²) in [5, 5.41) is 3.76. The Morgan fingerprint density at radius 2 is 2.03 bits per heavy atom. The largest absolute Gasteiger partial charge is 0.467 e. The Balaban J connectivity index is 1.30. The fraction of sp³-hybridized carbons (Fsp3) is 0.320. The first-order valence-corrected chi connectivity index (χ1v) is 11.3. The summed E-state index contributed by atoms with van der Waals surface area (Å²) in [6.45, 7) is -0.0207. The van der Waals surface area contributed by atoms with E-state index in [0.717, 1.165) is 52.7 Å². The average Bonchev–Trinajstić information content (AvgIpc) is 3.56. The standard InChI is InChI=1S/C25H26N4O4/c30-23(28(15-19-9-6-12-33-19)18-7-2-1-3-8-18)16-29-24(31)22(27-25(29)32)13-17-14-26-21-11-5-4-10-20(17)21/h4-7,9-12,14,22,26H,1-3,8,13,15-16H2,(H,27,32)/t22-/m0/s1. The van der Waals surface area contributed by atoms with Crippen molar-refractivity contribution < 1.29 is 18.8 Å². The second kappa shape index (κ2) is 8.97. The number of hydrogen-bond acceptors (Lipinski definition) is 4. The molecule has 0 unspecified atom stereocenters. The fourth-order valence-corrected chi connectivity index (χ4v) is 4.58. The topological polar surface area (TPSA) is 98.7 Å². The lowest BCUT2D eigenvalue weighted by molar-refractivity contribution is -0.136. The van der Waals surface area contributed by atoms with E-state index in [-0.39, 0.29) is 24.9 Å². The van der Waals surface area contributed by atoms with Crippen LogP contribution in [0, 0.1) is 0 Å². The van der Waals surface area contributed by atoms with E-state index in [4.69, 9.17) is 4.42 Å². The molecule has 5 rings (SSSR count). The van der Waals surface area contributed by atoms with Gasteiger partial charge in [-0.15, -0.1) is 0 Å². The molecule has 4 amide bonds. The molecule has 1 aromatic carbocycles. The molecule has 1 atom stereocenters. The van der Waals surface area contributed by atoms with Gasteiger partial charge in [-0.1, -0.05) is 24.3 Å². The van der Waals surface area contributed by atoms with Crippen LogP contribution >= 0.6 is 0 Å². The van der Waals surface area contributed by atoms with E-state index in [0.29, 0.717) is 12.2 Å². The number of aromatic amines is 1. The number of aromatic nitrogens is 1. The van der Waals surface area contributed by atoms with Gasteiger partial charge in [0.05, 0.1) is 12.8 Å². The number of fused-ring (bicyclic) bond motifs is 1. The molecule has 0 saturated carbocycles. The van der Waals surface area contributed by atoms with Crippen LogP contribution in [-0.4, -0.2) is 45.2 Å². The first-order valence-electron chi connectivity index (χ1n) is 11.3. The maximum atomic E-state index is 13.3. The highest BCUT2D eigenvalue weighted by Crippen LogP contribution is 2.25. The third kappa shape index (κ3) is 4.28. The molecule has 8 heteroatoms. The summed E-state index contributed by atoms with van der Waals surface area (Å²) in [7, 11) is 0. The molecule has 170 valence electrons. The second-order valence-corrected chi connectivity index (χ2v) is 8.49. The van der Waals surface area contributed by atoms with Crippen molar-refractivity contribution in [3.8, 4) is 0 Å². The number of nitrogens with zero attached hydrogens (tertiary/aromatic N) is 2. The number of amides is 4. The van der Waals surface area contributed by atoms with Crippen LogP contribution in [0.15, 0.2) is 65.0 Å². The normalized spacial score (nSPS) is 18.5. The van der Waals surface area contributed by atoms with Gasteiger partial charge in [0.25, 0.3) is 5.91 Å². The smallest absolute Gasteiger partial charge is 0.325 e. The Bertz CT molecular complexity index is 1210. The molecule has 2 N–H and O–H groups in total. The van der Waals surface area contributed by atoms with E-state index < -0.39 is 12.1 Å². The lowest BCUT2D eigenvalue weighted by Crippen LogP contribution is -2.43. The highest BCUT2D eigenvalue weighted by molar-refractivity contribution is 6.07. The minimum Gasteiger partial charge on any atom is -0.467 e. The van der Waals surface area contributed by atoms with E-state index in [1.54, 1.807) is 17.2 Å². The molecule has 3 aromatic rings. The van der Waals surface area contributed by atoms with Gasteiger partial charge in [0.15, 0.2) is 0 Å². The zero-order valence-corrected chi connectivity index (χ0v) is 18.3. The van der Waals surface area contributed by atoms with Gasteiger partial charge < -0.3 is 19.6 Å². The van der Waals surface area contributed by atoms with Crippen molar-refractivity contribution in [1.82, 2.24) is 20.1 Å². The van der Waals surface area contributed by atoms with Gasteiger partial charge in [-0.05, 0) is 49.4 Å². The zero-order valence-electron chi connectivity index (χ0n) is 18.3. The molecule has 8 nitrogen and oxygen atoms in total. The second-order valence-electron chi connectivity index (χ2n) is 8.49. The van der Waals surface area contributed by atoms with Crippen molar-refractivity contribution in [2.75, 3.05) is 6.54 Å². The van der Waals surface area contributed by atoms with Gasteiger partial charge in [-0.3, -0.25) is 14.5 Å². The third-order valence-corrected chi connectivity index (χ3v) is 6.31.